The van der Waals surface area contributed by atoms with Crippen molar-refractivity contribution in [2.45, 2.75) is 32.2 Å². The molecule has 2 rings (SSSR count). The molecule has 6 heteroatoms. The molecule has 1 aliphatic rings. The summed E-state index contributed by atoms with van der Waals surface area (Å²) in [5, 5.41) is 4.78. The summed E-state index contributed by atoms with van der Waals surface area (Å²) in [5.41, 5.74) is 0.218. The first kappa shape index (κ1) is 13.5. The molecule has 1 aromatic rings. The Balaban J connectivity index is 2.17. The van der Waals surface area contributed by atoms with Crippen LogP contribution in [0.15, 0.2) is 12.1 Å². The number of aryl methyl sites for hydroxylation is 1. The van der Waals surface area contributed by atoms with Crippen LogP contribution in [-0.2, 0) is 16.0 Å². The zero-order valence-electron chi connectivity index (χ0n) is 10.4. The standard InChI is InChI=1S/C13H14F2N2O2/c1-2-7-5-9(15)11(6-8(7)14)16-10-3-4-12(18)17-13(10)19/h5-6,10,16H,2-4H2,1H3,(H,17,18,19). The lowest BCUT2D eigenvalue weighted by Gasteiger charge is -2.23. The van der Waals surface area contributed by atoms with Crippen molar-refractivity contribution >= 4 is 17.5 Å². The van der Waals surface area contributed by atoms with Gasteiger partial charge in [-0.2, -0.15) is 0 Å². The quantitative estimate of drug-likeness (QED) is 0.821. The van der Waals surface area contributed by atoms with Crippen LogP contribution in [0.2, 0.25) is 0 Å². The van der Waals surface area contributed by atoms with Crippen LogP contribution in [0.1, 0.15) is 25.3 Å². The molecule has 1 saturated heterocycles. The molecule has 0 bridgehead atoms. The molecule has 4 nitrogen and oxygen atoms in total. The Morgan fingerprint density at radius 1 is 1.32 bits per heavy atom. The Morgan fingerprint density at radius 3 is 2.68 bits per heavy atom. The lowest BCUT2D eigenvalue weighted by atomic mass is 10.0. The summed E-state index contributed by atoms with van der Waals surface area (Å²) >= 11 is 0. The number of hydrogen-bond donors (Lipinski definition) is 2. The second kappa shape index (κ2) is 5.34. The van der Waals surface area contributed by atoms with Crippen molar-refractivity contribution in [1.29, 1.82) is 0 Å². The number of halogens is 2. The van der Waals surface area contributed by atoms with Gasteiger partial charge in [0.2, 0.25) is 11.8 Å². The van der Waals surface area contributed by atoms with Gasteiger partial charge in [-0.15, -0.1) is 0 Å². The normalized spacial score (nSPS) is 19.2. The van der Waals surface area contributed by atoms with Crippen LogP contribution < -0.4 is 10.6 Å². The minimum atomic E-state index is -0.723. The van der Waals surface area contributed by atoms with E-state index in [4.69, 9.17) is 0 Å². The summed E-state index contributed by atoms with van der Waals surface area (Å²) in [6, 6.07) is 1.43. The molecule has 1 unspecified atom stereocenters. The number of piperidine rings is 1. The third-order valence-corrected chi connectivity index (χ3v) is 3.09. The number of nitrogens with one attached hydrogen (secondary N) is 2. The highest BCUT2D eigenvalue weighted by Crippen LogP contribution is 2.22. The van der Waals surface area contributed by atoms with Gasteiger partial charge in [0.15, 0.2) is 0 Å². The van der Waals surface area contributed by atoms with Crippen molar-refractivity contribution in [1.82, 2.24) is 5.32 Å². The maximum absolute atomic E-state index is 13.7. The van der Waals surface area contributed by atoms with Crippen LogP contribution in [-0.4, -0.2) is 17.9 Å². The van der Waals surface area contributed by atoms with Crippen LogP contribution in [0.25, 0.3) is 0 Å². The van der Waals surface area contributed by atoms with Gasteiger partial charge in [0.05, 0.1) is 5.69 Å². The number of hydrogen-bond acceptors (Lipinski definition) is 3. The highest BCUT2D eigenvalue weighted by Gasteiger charge is 2.27. The van der Waals surface area contributed by atoms with E-state index >= 15 is 0 Å². The molecular formula is C13H14F2N2O2. The minimum Gasteiger partial charge on any atom is -0.371 e. The van der Waals surface area contributed by atoms with Crippen molar-refractivity contribution < 1.29 is 18.4 Å². The Hall–Kier alpha value is -1.98. The predicted molar refractivity (Wildman–Crippen MR) is 65.5 cm³/mol. The van der Waals surface area contributed by atoms with Crippen LogP contribution in [0.5, 0.6) is 0 Å². The summed E-state index contributed by atoms with van der Waals surface area (Å²) in [7, 11) is 0. The van der Waals surface area contributed by atoms with E-state index in [1.54, 1.807) is 6.92 Å². The highest BCUT2D eigenvalue weighted by molar-refractivity contribution is 6.01. The fourth-order valence-corrected chi connectivity index (χ4v) is 1.99. The summed E-state index contributed by atoms with van der Waals surface area (Å²) in [6.07, 6.45) is 0.837. The average Bonchev–Trinajstić information content (AvgIpc) is 2.36. The van der Waals surface area contributed by atoms with Gasteiger partial charge in [0, 0.05) is 12.5 Å². The predicted octanol–water partition coefficient (Wildman–Crippen LogP) is 1.74. The number of carbonyl (C=O) groups excluding carboxylic acids is 2. The first-order chi connectivity index (χ1) is 9.01. The minimum absolute atomic E-state index is 0.0656. The molecule has 1 aliphatic heterocycles. The Bertz CT molecular complexity index is 532. The van der Waals surface area contributed by atoms with Crippen molar-refractivity contribution in [3.8, 4) is 0 Å². The van der Waals surface area contributed by atoms with E-state index < -0.39 is 23.6 Å². The van der Waals surface area contributed by atoms with Gasteiger partial charge in [-0.05, 0) is 24.5 Å². The SMILES string of the molecule is CCc1cc(F)c(NC2CCC(=O)NC2=O)cc1F. The molecule has 0 aromatic heterocycles. The first-order valence-electron chi connectivity index (χ1n) is 6.09. The Kier molecular flexibility index (Phi) is 3.78. The number of rotatable bonds is 3. The zero-order valence-corrected chi connectivity index (χ0v) is 10.4. The number of benzene rings is 1. The largest absolute Gasteiger partial charge is 0.371 e. The molecule has 102 valence electrons. The maximum Gasteiger partial charge on any atom is 0.249 e. The summed E-state index contributed by atoms with van der Waals surface area (Å²) < 4.78 is 27.3. The molecule has 2 N–H and O–H groups in total. The molecule has 1 fully saturated rings. The second-order valence-electron chi connectivity index (χ2n) is 4.43. The molecule has 0 aliphatic carbocycles. The van der Waals surface area contributed by atoms with E-state index in [1.807, 2.05) is 0 Å². The maximum atomic E-state index is 13.7. The average molecular weight is 268 g/mol. The van der Waals surface area contributed by atoms with Crippen molar-refractivity contribution in [3.63, 3.8) is 0 Å². The van der Waals surface area contributed by atoms with Gasteiger partial charge in [-0.1, -0.05) is 6.92 Å². The van der Waals surface area contributed by atoms with E-state index in [2.05, 4.69) is 10.6 Å². The van der Waals surface area contributed by atoms with Crippen LogP contribution in [0.3, 0.4) is 0 Å². The molecule has 1 heterocycles. The van der Waals surface area contributed by atoms with Crippen LogP contribution >= 0.6 is 0 Å². The first-order valence-corrected chi connectivity index (χ1v) is 6.09. The van der Waals surface area contributed by atoms with Gasteiger partial charge < -0.3 is 5.32 Å². The number of anilines is 1. The lowest BCUT2D eigenvalue weighted by molar-refractivity contribution is -0.133. The molecular weight excluding hydrogens is 254 g/mol. The Morgan fingerprint density at radius 2 is 2.05 bits per heavy atom. The lowest BCUT2D eigenvalue weighted by Crippen LogP contribution is -2.47. The summed E-state index contributed by atoms with van der Waals surface area (Å²) in [4.78, 5) is 22.5. The third kappa shape index (κ3) is 2.89. The fourth-order valence-electron chi connectivity index (χ4n) is 1.99. The molecule has 2 amide bonds. The topological polar surface area (TPSA) is 58.2 Å². The van der Waals surface area contributed by atoms with Crippen molar-refractivity contribution in [3.05, 3.63) is 29.3 Å². The van der Waals surface area contributed by atoms with E-state index in [-0.39, 0.29) is 30.0 Å². The molecule has 0 saturated carbocycles. The van der Waals surface area contributed by atoms with Crippen LogP contribution in [0, 0.1) is 11.6 Å². The smallest absolute Gasteiger partial charge is 0.249 e. The van der Waals surface area contributed by atoms with Gasteiger partial charge in [0.25, 0.3) is 0 Å². The third-order valence-electron chi connectivity index (χ3n) is 3.09. The van der Waals surface area contributed by atoms with Crippen LogP contribution in [0.4, 0.5) is 14.5 Å². The number of imide groups is 1. The molecule has 1 atom stereocenters. The Labute approximate surface area is 109 Å². The summed E-state index contributed by atoms with van der Waals surface area (Å²) in [6.45, 7) is 1.73. The second-order valence-corrected chi connectivity index (χ2v) is 4.43. The van der Waals surface area contributed by atoms with E-state index in [9.17, 15) is 18.4 Å². The van der Waals surface area contributed by atoms with E-state index in [1.165, 1.54) is 0 Å². The van der Waals surface area contributed by atoms with Gasteiger partial charge in [-0.25, -0.2) is 8.78 Å². The summed E-state index contributed by atoms with van der Waals surface area (Å²) in [5.74, 6) is -1.99. The van der Waals surface area contributed by atoms with Gasteiger partial charge >= 0.3 is 0 Å². The van der Waals surface area contributed by atoms with Crippen molar-refractivity contribution in [2.24, 2.45) is 0 Å². The molecule has 0 spiro atoms. The van der Waals surface area contributed by atoms with E-state index in [0.717, 1.165) is 12.1 Å². The van der Waals surface area contributed by atoms with Gasteiger partial charge in [0.1, 0.15) is 17.7 Å². The molecule has 1 aromatic carbocycles. The zero-order chi connectivity index (χ0) is 14.0. The fraction of sp³-hybridized carbons (Fsp3) is 0.385. The molecule has 0 radical (unpaired) electrons. The monoisotopic (exact) mass is 268 g/mol. The van der Waals surface area contributed by atoms with Gasteiger partial charge in [-0.3, -0.25) is 14.9 Å². The highest BCUT2D eigenvalue weighted by atomic mass is 19.1. The van der Waals surface area contributed by atoms with E-state index in [0.29, 0.717) is 6.42 Å². The number of carbonyl (C=O) groups is 2. The van der Waals surface area contributed by atoms with Crippen molar-refractivity contribution in [2.75, 3.05) is 5.32 Å². The molecule has 19 heavy (non-hydrogen) atoms. The number of amides is 2.